The number of hydrogen-bond donors (Lipinski definition) is 1. The summed E-state index contributed by atoms with van der Waals surface area (Å²) in [5.41, 5.74) is 3.47. The van der Waals surface area contributed by atoms with Crippen LogP contribution in [0.1, 0.15) is 18.9 Å². The van der Waals surface area contributed by atoms with Crippen LogP contribution < -0.4 is 5.48 Å². The van der Waals surface area contributed by atoms with Gasteiger partial charge in [0.05, 0.1) is 13.2 Å². The molecule has 0 saturated carbocycles. The predicted octanol–water partition coefficient (Wildman–Crippen LogP) is 2.30. The van der Waals surface area contributed by atoms with Gasteiger partial charge in [-0.1, -0.05) is 30.3 Å². The summed E-state index contributed by atoms with van der Waals surface area (Å²) in [5.74, 6) is 0. The second-order valence-electron chi connectivity index (χ2n) is 3.26. The Morgan fingerprint density at radius 3 is 2.75 bits per heavy atom. The number of nitrogens with one attached hydrogen (secondary N) is 1. The molecule has 0 aromatic heterocycles. The van der Waals surface area contributed by atoms with Crippen molar-refractivity contribution in [1.82, 2.24) is 5.48 Å². The van der Waals surface area contributed by atoms with E-state index < -0.39 is 6.09 Å². The second-order valence-corrected chi connectivity index (χ2v) is 3.26. The number of hydroxylamine groups is 1. The molecule has 0 saturated heterocycles. The molecule has 4 heteroatoms. The van der Waals surface area contributed by atoms with E-state index in [4.69, 9.17) is 4.84 Å². The van der Waals surface area contributed by atoms with Crippen LogP contribution in [0, 0.1) is 0 Å². The molecule has 0 fully saturated rings. The van der Waals surface area contributed by atoms with Gasteiger partial charge in [0.1, 0.15) is 0 Å². The lowest BCUT2D eigenvalue weighted by atomic mass is 10.1. The van der Waals surface area contributed by atoms with Gasteiger partial charge in [-0.2, -0.15) is 5.48 Å². The van der Waals surface area contributed by atoms with E-state index >= 15 is 0 Å². The number of aryl methyl sites for hydroxylation is 1. The molecule has 0 aliphatic heterocycles. The van der Waals surface area contributed by atoms with E-state index in [0.717, 1.165) is 12.8 Å². The van der Waals surface area contributed by atoms with Gasteiger partial charge in [-0.3, -0.25) is 4.84 Å². The fourth-order valence-electron chi connectivity index (χ4n) is 1.26. The van der Waals surface area contributed by atoms with E-state index in [-0.39, 0.29) is 0 Å². The van der Waals surface area contributed by atoms with Gasteiger partial charge in [0, 0.05) is 0 Å². The lowest BCUT2D eigenvalue weighted by Gasteiger charge is -2.05. The highest BCUT2D eigenvalue weighted by molar-refractivity contribution is 5.65. The Labute approximate surface area is 95.5 Å². The fourth-order valence-corrected chi connectivity index (χ4v) is 1.26. The average molecular weight is 223 g/mol. The first-order valence-corrected chi connectivity index (χ1v) is 5.41. The van der Waals surface area contributed by atoms with Crippen LogP contribution in [0.25, 0.3) is 0 Å². The Hall–Kier alpha value is -1.55. The smallest absolute Gasteiger partial charge is 0.431 e. The van der Waals surface area contributed by atoms with Crippen LogP contribution >= 0.6 is 0 Å². The molecule has 1 aromatic rings. The molecule has 4 nitrogen and oxygen atoms in total. The molecular formula is C12H17NO3. The van der Waals surface area contributed by atoms with Crippen molar-refractivity contribution in [2.45, 2.75) is 19.8 Å². The molecule has 1 N–H and O–H groups in total. The van der Waals surface area contributed by atoms with Crippen molar-refractivity contribution in [3.8, 4) is 0 Å². The largest absolute Gasteiger partial charge is 0.448 e. The molecule has 16 heavy (non-hydrogen) atoms. The summed E-state index contributed by atoms with van der Waals surface area (Å²) in [6, 6.07) is 10.1. The number of ether oxygens (including phenoxy) is 1. The Morgan fingerprint density at radius 2 is 2.06 bits per heavy atom. The highest BCUT2D eigenvalue weighted by Gasteiger charge is 1.98. The summed E-state index contributed by atoms with van der Waals surface area (Å²) in [4.78, 5) is 15.8. The third-order valence-electron chi connectivity index (χ3n) is 1.99. The van der Waals surface area contributed by atoms with Crippen LogP contribution in [0.15, 0.2) is 30.3 Å². The quantitative estimate of drug-likeness (QED) is 0.594. The molecule has 0 bridgehead atoms. The zero-order valence-electron chi connectivity index (χ0n) is 9.44. The molecular weight excluding hydrogens is 206 g/mol. The van der Waals surface area contributed by atoms with Crippen molar-refractivity contribution in [2.75, 3.05) is 13.2 Å². The zero-order valence-corrected chi connectivity index (χ0v) is 9.44. The Kier molecular flexibility index (Phi) is 6.03. The van der Waals surface area contributed by atoms with Crippen LogP contribution in [-0.4, -0.2) is 19.3 Å². The van der Waals surface area contributed by atoms with Crippen LogP contribution in [0.2, 0.25) is 0 Å². The van der Waals surface area contributed by atoms with Gasteiger partial charge < -0.3 is 4.74 Å². The third kappa shape index (κ3) is 5.36. The molecule has 0 aliphatic rings. The van der Waals surface area contributed by atoms with E-state index in [0.29, 0.717) is 13.2 Å². The molecule has 88 valence electrons. The van der Waals surface area contributed by atoms with E-state index in [1.54, 1.807) is 6.92 Å². The van der Waals surface area contributed by atoms with Gasteiger partial charge >= 0.3 is 6.09 Å². The summed E-state index contributed by atoms with van der Waals surface area (Å²) in [5, 5.41) is 0. The Bertz CT molecular complexity index is 300. The number of benzene rings is 1. The summed E-state index contributed by atoms with van der Waals surface area (Å²) >= 11 is 0. The summed E-state index contributed by atoms with van der Waals surface area (Å²) in [6.07, 6.45) is 1.25. The molecule has 0 atom stereocenters. The second kappa shape index (κ2) is 7.70. The Balaban J connectivity index is 2.02. The first-order chi connectivity index (χ1) is 7.83. The first kappa shape index (κ1) is 12.5. The molecule has 0 radical (unpaired) electrons. The average Bonchev–Trinajstić information content (AvgIpc) is 2.30. The standard InChI is InChI=1S/C12H17NO3/c1-2-15-12(14)13-16-10-6-9-11-7-4-3-5-8-11/h3-5,7-8H,2,6,9-10H2,1H3,(H,13,14). The topological polar surface area (TPSA) is 47.6 Å². The van der Waals surface area contributed by atoms with Crippen molar-refractivity contribution in [2.24, 2.45) is 0 Å². The van der Waals surface area contributed by atoms with Crippen molar-refractivity contribution >= 4 is 6.09 Å². The lowest BCUT2D eigenvalue weighted by molar-refractivity contribution is 0.0285. The number of carbonyl (C=O) groups is 1. The van der Waals surface area contributed by atoms with Crippen molar-refractivity contribution in [3.63, 3.8) is 0 Å². The highest BCUT2D eigenvalue weighted by atomic mass is 16.7. The molecule has 1 aromatic carbocycles. The van der Waals surface area contributed by atoms with Crippen molar-refractivity contribution < 1.29 is 14.4 Å². The maximum absolute atomic E-state index is 10.8. The molecule has 0 spiro atoms. The SMILES string of the molecule is CCOC(=O)NOCCCc1ccccc1. The summed E-state index contributed by atoms with van der Waals surface area (Å²) in [7, 11) is 0. The number of carbonyl (C=O) groups excluding carboxylic acids is 1. The minimum Gasteiger partial charge on any atom is -0.448 e. The molecule has 0 heterocycles. The van der Waals surface area contributed by atoms with Crippen LogP contribution in [-0.2, 0) is 16.0 Å². The van der Waals surface area contributed by atoms with Crippen molar-refractivity contribution in [1.29, 1.82) is 0 Å². The fraction of sp³-hybridized carbons (Fsp3) is 0.417. The number of hydrogen-bond acceptors (Lipinski definition) is 3. The van der Waals surface area contributed by atoms with Gasteiger partial charge in [-0.15, -0.1) is 0 Å². The number of amides is 1. The van der Waals surface area contributed by atoms with E-state index in [2.05, 4.69) is 22.3 Å². The first-order valence-electron chi connectivity index (χ1n) is 5.41. The molecule has 1 rings (SSSR count). The summed E-state index contributed by atoms with van der Waals surface area (Å²) in [6.45, 7) is 2.57. The lowest BCUT2D eigenvalue weighted by Crippen LogP contribution is -2.25. The highest BCUT2D eigenvalue weighted by Crippen LogP contribution is 2.01. The van der Waals surface area contributed by atoms with Gasteiger partial charge in [0.2, 0.25) is 0 Å². The normalized spacial score (nSPS) is 9.81. The van der Waals surface area contributed by atoms with Crippen LogP contribution in [0.3, 0.4) is 0 Å². The van der Waals surface area contributed by atoms with Gasteiger partial charge in [-0.05, 0) is 25.3 Å². The maximum Gasteiger partial charge on any atom is 0.431 e. The summed E-state index contributed by atoms with van der Waals surface area (Å²) < 4.78 is 4.63. The predicted molar refractivity (Wildman–Crippen MR) is 60.9 cm³/mol. The minimum atomic E-state index is -0.540. The van der Waals surface area contributed by atoms with E-state index in [1.165, 1.54) is 5.56 Å². The molecule has 1 amide bonds. The van der Waals surface area contributed by atoms with Gasteiger partial charge in [0.15, 0.2) is 0 Å². The monoisotopic (exact) mass is 223 g/mol. The van der Waals surface area contributed by atoms with Crippen LogP contribution in [0.5, 0.6) is 0 Å². The number of rotatable bonds is 6. The van der Waals surface area contributed by atoms with Gasteiger partial charge in [0.25, 0.3) is 0 Å². The minimum absolute atomic E-state index is 0.346. The zero-order chi connectivity index (χ0) is 11.6. The molecule has 0 unspecified atom stereocenters. The third-order valence-corrected chi connectivity index (χ3v) is 1.99. The van der Waals surface area contributed by atoms with E-state index in [9.17, 15) is 4.79 Å². The molecule has 0 aliphatic carbocycles. The van der Waals surface area contributed by atoms with Crippen LogP contribution in [0.4, 0.5) is 4.79 Å². The van der Waals surface area contributed by atoms with Crippen molar-refractivity contribution in [3.05, 3.63) is 35.9 Å². The van der Waals surface area contributed by atoms with Gasteiger partial charge in [-0.25, -0.2) is 4.79 Å². The van der Waals surface area contributed by atoms with E-state index in [1.807, 2.05) is 18.2 Å². The Morgan fingerprint density at radius 1 is 1.31 bits per heavy atom. The maximum atomic E-state index is 10.8.